The summed E-state index contributed by atoms with van der Waals surface area (Å²) in [6.07, 6.45) is 0. The topological polar surface area (TPSA) is 38.3 Å². The SMILES string of the molecule is COC(=O)C(C)N[C@@H](C)c1cccc(F)c1. The molecule has 0 bridgehead atoms. The Kier molecular flexibility index (Phi) is 4.43. The van der Waals surface area contributed by atoms with E-state index in [2.05, 4.69) is 10.1 Å². The highest BCUT2D eigenvalue weighted by molar-refractivity contribution is 5.75. The molecule has 0 aliphatic heterocycles. The number of ether oxygens (including phenoxy) is 1. The van der Waals surface area contributed by atoms with Crippen LogP contribution in [0.3, 0.4) is 0 Å². The van der Waals surface area contributed by atoms with Crippen LogP contribution in [-0.4, -0.2) is 19.1 Å². The molecule has 0 aromatic heterocycles. The number of benzene rings is 1. The summed E-state index contributed by atoms with van der Waals surface area (Å²) in [5.41, 5.74) is 0.802. The predicted molar refractivity (Wildman–Crippen MR) is 59.4 cm³/mol. The molecule has 3 nitrogen and oxygen atoms in total. The van der Waals surface area contributed by atoms with Crippen LogP contribution in [0.2, 0.25) is 0 Å². The first kappa shape index (κ1) is 12.6. The smallest absolute Gasteiger partial charge is 0.322 e. The fourth-order valence-electron chi connectivity index (χ4n) is 1.49. The van der Waals surface area contributed by atoms with Gasteiger partial charge in [0.05, 0.1) is 7.11 Å². The molecule has 0 spiro atoms. The maximum absolute atomic E-state index is 13.0. The fraction of sp³-hybridized carbons (Fsp3) is 0.417. The van der Waals surface area contributed by atoms with Crippen LogP contribution in [0, 0.1) is 5.82 Å². The summed E-state index contributed by atoms with van der Waals surface area (Å²) >= 11 is 0. The summed E-state index contributed by atoms with van der Waals surface area (Å²) in [6, 6.07) is 5.77. The summed E-state index contributed by atoms with van der Waals surface area (Å²) in [4.78, 5) is 11.2. The molecule has 0 amide bonds. The van der Waals surface area contributed by atoms with Gasteiger partial charge in [0.25, 0.3) is 0 Å². The van der Waals surface area contributed by atoms with Crippen molar-refractivity contribution in [3.05, 3.63) is 35.6 Å². The zero-order valence-corrected chi connectivity index (χ0v) is 9.66. The zero-order chi connectivity index (χ0) is 12.1. The van der Waals surface area contributed by atoms with Gasteiger partial charge in [0.2, 0.25) is 0 Å². The third-order valence-electron chi connectivity index (χ3n) is 2.40. The summed E-state index contributed by atoms with van der Waals surface area (Å²) in [7, 11) is 1.34. The molecule has 1 rings (SSSR count). The van der Waals surface area contributed by atoms with Gasteiger partial charge in [-0.1, -0.05) is 12.1 Å². The highest BCUT2D eigenvalue weighted by Gasteiger charge is 2.16. The largest absolute Gasteiger partial charge is 0.468 e. The number of rotatable bonds is 4. The average Bonchev–Trinajstić information content (AvgIpc) is 2.27. The van der Waals surface area contributed by atoms with E-state index in [1.165, 1.54) is 19.2 Å². The third kappa shape index (κ3) is 3.31. The minimum absolute atomic E-state index is 0.107. The van der Waals surface area contributed by atoms with Crippen LogP contribution in [0.25, 0.3) is 0 Å². The molecule has 2 atom stereocenters. The van der Waals surface area contributed by atoms with Crippen molar-refractivity contribution in [3.63, 3.8) is 0 Å². The van der Waals surface area contributed by atoms with Gasteiger partial charge in [-0.25, -0.2) is 4.39 Å². The van der Waals surface area contributed by atoms with Crippen LogP contribution in [-0.2, 0) is 9.53 Å². The van der Waals surface area contributed by atoms with Gasteiger partial charge >= 0.3 is 5.97 Å². The van der Waals surface area contributed by atoms with Crippen LogP contribution >= 0.6 is 0 Å². The van der Waals surface area contributed by atoms with Crippen molar-refractivity contribution < 1.29 is 13.9 Å². The quantitative estimate of drug-likeness (QED) is 0.797. The monoisotopic (exact) mass is 225 g/mol. The second-order valence-electron chi connectivity index (χ2n) is 3.69. The normalized spacial score (nSPS) is 14.2. The Balaban J connectivity index is 2.65. The molecule has 16 heavy (non-hydrogen) atoms. The first-order valence-electron chi connectivity index (χ1n) is 5.14. The molecule has 0 saturated carbocycles. The van der Waals surface area contributed by atoms with Crippen LogP contribution < -0.4 is 5.32 Å². The standard InChI is InChI=1S/C12H16FNO2/c1-8(14-9(2)12(15)16-3)10-5-4-6-11(13)7-10/h4-9,14H,1-3H3/t8-,9?/m0/s1. The van der Waals surface area contributed by atoms with Gasteiger partial charge in [-0.3, -0.25) is 10.1 Å². The van der Waals surface area contributed by atoms with E-state index in [9.17, 15) is 9.18 Å². The second-order valence-corrected chi connectivity index (χ2v) is 3.69. The fourth-order valence-corrected chi connectivity index (χ4v) is 1.49. The van der Waals surface area contributed by atoms with Gasteiger partial charge in [0.15, 0.2) is 0 Å². The predicted octanol–water partition coefficient (Wildman–Crippen LogP) is 2.04. The van der Waals surface area contributed by atoms with Gasteiger partial charge in [-0.15, -0.1) is 0 Å². The maximum atomic E-state index is 13.0. The molecule has 1 aromatic carbocycles. The van der Waals surface area contributed by atoms with E-state index in [1.807, 2.05) is 13.0 Å². The summed E-state index contributed by atoms with van der Waals surface area (Å²) in [5, 5.41) is 3.03. The molecule has 1 aromatic rings. The van der Waals surface area contributed by atoms with Crippen LogP contribution in [0.4, 0.5) is 4.39 Å². The lowest BCUT2D eigenvalue weighted by molar-refractivity contribution is -0.142. The Hall–Kier alpha value is -1.42. The molecule has 0 fully saturated rings. The van der Waals surface area contributed by atoms with Crippen molar-refractivity contribution in [3.8, 4) is 0 Å². The summed E-state index contributed by atoms with van der Waals surface area (Å²) in [6.45, 7) is 3.58. The van der Waals surface area contributed by atoms with E-state index in [1.54, 1.807) is 13.0 Å². The Labute approximate surface area is 94.6 Å². The number of hydrogen-bond donors (Lipinski definition) is 1. The molecule has 0 saturated heterocycles. The van der Waals surface area contributed by atoms with E-state index in [-0.39, 0.29) is 17.8 Å². The van der Waals surface area contributed by atoms with Gasteiger partial charge in [0, 0.05) is 6.04 Å². The summed E-state index contributed by atoms with van der Waals surface area (Å²) in [5.74, 6) is -0.611. The highest BCUT2D eigenvalue weighted by Crippen LogP contribution is 2.14. The Morgan fingerprint density at radius 3 is 2.69 bits per heavy atom. The molecular formula is C12H16FNO2. The molecule has 1 N–H and O–H groups in total. The van der Waals surface area contributed by atoms with Crippen molar-refractivity contribution in [1.29, 1.82) is 0 Å². The van der Waals surface area contributed by atoms with Crippen molar-refractivity contribution in [2.75, 3.05) is 7.11 Å². The molecule has 0 radical (unpaired) electrons. The molecule has 0 aliphatic rings. The zero-order valence-electron chi connectivity index (χ0n) is 9.66. The summed E-state index contributed by atoms with van der Waals surface area (Å²) < 4.78 is 17.6. The van der Waals surface area contributed by atoms with Gasteiger partial charge in [-0.05, 0) is 31.5 Å². The number of esters is 1. The minimum atomic E-state index is -0.414. The Bertz CT molecular complexity index is 368. The lowest BCUT2D eigenvalue weighted by Gasteiger charge is -2.18. The van der Waals surface area contributed by atoms with Crippen molar-refractivity contribution in [2.24, 2.45) is 0 Å². The van der Waals surface area contributed by atoms with Crippen LogP contribution in [0.15, 0.2) is 24.3 Å². The van der Waals surface area contributed by atoms with Crippen molar-refractivity contribution >= 4 is 5.97 Å². The first-order valence-corrected chi connectivity index (χ1v) is 5.14. The molecule has 88 valence electrons. The minimum Gasteiger partial charge on any atom is -0.468 e. The van der Waals surface area contributed by atoms with E-state index >= 15 is 0 Å². The van der Waals surface area contributed by atoms with E-state index in [0.717, 1.165) is 5.56 Å². The second kappa shape index (κ2) is 5.61. The lowest BCUT2D eigenvalue weighted by Crippen LogP contribution is -2.36. The van der Waals surface area contributed by atoms with Crippen LogP contribution in [0.5, 0.6) is 0 Å². The van der Waals surface area contributed by atoms with Gasteiger partial charge in [0.1, 0.15) is 11.9 Å². The van der Waals surface area contributed by atoms with Crippen molar-refractivity contribution in [2.45, 2.75) is 25.9 Å². The molecule has 4 heteroatoms. The Morgan fingerprint density at radius 2 is 2.12 bits per heavy atom. The lowest BCUT2D eigenvalue weighted by atomic mass is 10.1. The van der Waals surface area contributed by atoms with Crippen molar-refractivity contribution in [1.82, 2.24) is 5.32 Å². The molecule has 0 aliphatic carbocycles. The Morgan fingerprint density at radius 1 is 1.44 bits per heavy atom. The number of carbonyl (C=O) groups excluding carboxylic acids is 1. The van der Waals surface area contributed by atoms with Gasteiger partial charge < -0.3 is 4.74 Å². The number of methoxy groups -OCH3 is 1. The maximum Gasteiger partial charge on any atom is 0.322 e. The third-order valence-corrected chi connectivity index (χ3v) is 2.40. The molecular weight excluding hydrogens is 209 g/mol. The number of halogens is 1. The molecule has 1 unspecified atom stereocenters. The number of carbonyl (C=O) groups is 1. The van der Waals surface area contributed by atoms with E-state index in [4.69, 9.17) is 0 Å². The van der Waals surface area contributed by atoms with E-state index < -0.39 is 6.04 Å². The van der Waals surface area contributed by atoms with Crippen LogP contribution in [0.1, 0.15) is 25.5 Å². The number of hydrogen-bond acceptors (Lipinski definition) is 3. The highest BCUT2D eigenvalue weighted by atomic mass is 19.1. The van der Waals surface area contributed by atoms with E-state index in [0.29, 0.717) is 0 Å². The average molecular weight is 225 g/mol. The van der Waals surface area contributed by atoms with Gasteiger partial charge in [-0.2, -0.15) is 0 Å². The number of nitrogens with one attached hydrogen (secondary N) is 1. The molecule has 0 heterocycles. The first-order chi connectivity index (χ1) is 7.54.